The van der Waals surface area contributed by atoms with Crippen molar-refractivity contribution in [1.29, 1.82) is 0 Å². The first-order valence-corrected chi connectivity index (χ1v) is 15.5. The number of likely N-dealkylation sites (tertiary alicyclic amines) is 1. The number of esters is 1. The molecule has 0 atom stereocenters. The first kappa shape index (κ1) is 27.9. The number of benzene rings is 4. The highest BCUT2D eigenvalue weighted by Gasteiger charge is 2.28. The van der Waals surface area contributed by atoms with Gasteiger partial charge in [0.1, 0.15) is 0 Å². The summed E-state index contributed by atoms with van der Waals surface area (Å²) in [6, 6.07) is 41.9. The smallest absolute Gasteiger partial charge is 0.302 e. The molecule has 0 bridgehead atoms. The Kier molecular flexibility index (Phi) is 9.89. The number of piperidine rings is 1. The van der Waals surface area contributed by atoms with Gasteiger partial charge in [-0.05, 0) is 97.5 Å². The average Bonchev–Trinajstić information content (AvgIpc) is 3.00. The van der Waals surface area contributed by atoms with Crippen molar-refractivity contribution in [2.75, 3.05) is 26.2 Å². The van der Waals surface area contributed by atoms with Gasteiger partial charge in [-0.3, -0.25) is 4.79 Å². The van der Waals surface area contributed by atoms with Crippen LogP contribution in [-0.2, 0) is 20.4 Å². The summed E-state index contributed by atoms with van der Waals surface area (Å²) in [5, 5.41) is 0. The number of unbranched alkanes of at least 4 members (excludes halogenated alkanes) is 1. The molecule has 0 aromatic heterocycles. The highest BCUT2D eigenvalue weighted by Crippen LogP contribution is 2.35. The molecule has 4 aromatic carbocycles. The van der Waals surface area contributed by atoms with E-state index in [0.717, 1.165) is 45.3 Å². The van der Waals surface area contributed by atoms with Crippen molar-refractivity contribution in [2.24, 2.45) is 0 Å². The van der Waals surface area contributed by atoms with Crippen LogP contribution in [0.4, 0.5) is 0 Å². The Hall–Kier alpha value is -3.60. The first-order valence-electron chi connectivity index (χ1n) is 14.3. The van der Waals surface area contributed by atoms with E-state index in [0.29, 0.717) is 6.61 Å². The van der Waals surface area contributed by atoms with Gasteiger partial charge >= 0.3 is 5.97 Å². The quantitative estimate of drug-likeness (QED) is 0.114. The summed E-state index contributed by atoms with van der Waals surface area (Å²) in [4.78, 5) is 17.5. The molecule has 1 saturated heterocycles. The lowest BCUT2D eigenvalue weighted by atomic mass is 9.88. The van der Waals surface area contributed by atoms with Crippen LogP contribution in [0.15, 0.2) is 136 Å². The third-order valence-corrected chi connectivity index (χ3v) is 9.62. The predicted octanol–water partition coefficient (Wildman–Crippen LogP) is 8.02. The molecule has 1 aliphatic heterocycles. The largest absolute Gasteiger partial charge is 0.466 e. The minimum atomic E-state index is -0.189. The predicted molar refractivity (Wildman–Crippen MR) is 165 cm³/mol. The molecule has 0 saturated carbocycles. The van der Waals surface area contributed by atoms with Crippen molar-refractivity contribution >= 4 is 22.4 Å². The van der Waals surface area contributed by atoms with Gasteiger partial charge < -0.3 is 9.64 Å². The van der Waals surface area contributed by atoms with E-state index < -0.39 is 0 Å². The van der Waals surface area contributed by atoms with Gasteiger partial charge in [0.05, 0.1) is 17.5 Å². The van der Waals surface area contributed by atoms with Crippen LogP contribution in [0.25, 0.3) is 5.57 Å². The van der Waals surface area contributed by atoms with Gasteiger partial charge in [-0.1, -0.05) is 72.3 Å². The topological polar surface area (TPSA) is 29.5 Å². The maximum atomic E-state index is 11.0. The van der Waals surface area contributed by atoms with Crippen LogP contribution < -0.4 is 0 Å². The number of nitrogens with zero attached hydrogens (tertiary/aromatic N) is 1. The van der Waals surface area contributed by atoms with Gasteiger partial charge in [0, 0.05) is 20.0 Å². The van der Waals surface area contributed by atoms with Gasteiger partial charge in [-0.25, -0.2) is 0 Å². The lowest BCUT2D eigenvalue weighted by Crippen LogP contribution is -2.32. The monoisotopic (exact) mass is 548 g/mol. The van der Waals surface area contributed by atoms with Crippen molar-refractivity contribution in [3.05, 3.63) is 132 Å². The Morgan fingerprint density at radius 2 is 1.18 bits per heavy atom. The van der Waals surface area contributed by atoms with Crippen LogP contribution >= 0.6 is 0 Å². The molecule has 1 fully saturated rings. The first-order chi connectivity index (χ1) is 19.7. The van der Waals surface area contributed by atoms with E-state index in [1.807, 2.05) is 0 Å². The highest BCUT2D eigenvalue weighted by atomic mass is 32.2. The molecule has 0 unspecified atom stereocenters. The highest BCUT2D eigenvalue weighted by molar-refractivity contribution is 7.97. The van der Waals surface area contributed by atoms with Crippen LogP contribution in [0.3, 0.4) is 0 Å². The molecule has 0 spiro atoms. The van der Waals surface area contributed by atoms with Crippen LogP contribution in [0.5, 0.6) is 0 Å². The van der Waals surface area contributed by atoms with Gasteiger partial charge in [-0.2, -0.15) is 0 Å². The van der Waals surface area contributed by atoms with E-state index in [9.17, 15) is 4.79 Å². The number of rotatable bonds is 10. The van der Waals surface area contributed by atoms with Crippen molar-refractivity contribution < 1.29 is 9.53 Å². The van der Waals surface area contributed by atoms with E-state index in [1.165, 1.54) is 38.3 Å². The SMILES string of the molecule is CC(=O)OCCCCN1CCC(=C(c2ccccc2)c2ccc([S+](c3ccccc3)c3ccccc3)cc2)CC1. The molecule has 0 radical (unpaired) electrons. The maximum absolute atomic E-state index is 11.0. The fourth-order valence-corrected chi connectivity index (χ4v) is 7.49. The maximum Gasteiger partial charge on any atom is 0.302 e. The summed E-state index contributed by atoms with van der Waals surface area (Å²) in [6.07, 6.45) is 4.14. The number of hydrogen-bond acceptors (Lipinski definition) is 3. The van der Waals surface area contributed by atoms with Crippen molar-refractivity contribution in [3.8, 4) is 0 Å². The number of carbonyl (C=O) groups is 1. The minimum absolute atomic E-state index is 0.148. The molecular formula is C36H38NO2S+. The molecule has 1 aliphatic rings. The number of ether oxygens (including phenoxy) is 1. The van der Waals surface area contributed by atoms with Crippen LogP contribution in [0.2, 0.25) is 0 Å². The molecule has 4 heteroatoms. The molecule has 3 nitrogen and oxygen atoms in total. The zero-order valence-corrected chi connectivity index (χ0v) is 24.1. The Balaban J connectivity index is 1.37. The summed E-state index contributed by atoms with van der Waals surface area (Å²) >= 11 is 0. The summed E-state index contributed by atoms with van der Waals surface area (Å²) in [7, 11) is -0.148. The summed E-state index contributed by atoms with van der Waals surface area (Å²) in [5.41, 5.74) is 5.52. The van der Waals surface area contributed by atoms with Crippen LogP contribution in [0, 0.1) is 0 Å². The molecule has 1 heterocycles. The second-order valence-electron chi connectivity index (χ2n) is 10.2. The fraction of sp³-hybridized carbons (Fsp3) is 0.250. The van der Waals surface area contributed by atoms with Gasteiger partial charge in [0.2, 0.25) is 0 Å². The fourth-order valence-electron chi connectivity index (χ4n) is 5.41. The minimum Gasteiger partial charge on any atom is -0.466 e. The Labute approximate surface area is 241 Å². The number of hydrogen-bond donors (Lipinski definition) is 0. The third kappa shape index (κ3) is 7.32. The normalized spacial score (nSPS) is 13.8. The van der Waals surface area contributed by atoms with Gasteiger partial charge in [-0.15, -0.1) is 0 Å². The molecule has 0 N–H and O–H groups in total. The second kappa shape index (κ2) is 14.2. The zero-order valence-electron chi connectivity index (χ0n) is 23.3. The van der Waals surface area contributed by atoms with E-state index >= 15 is 0 Å². The van der Waals surface area contributed by atoms with Gasteiger partial charge in [0.15, 0.2) is 14.7 Å². The van der Waals surface area contributed by atoms with Crippen molar-refractivity contribution in [2.45, 2.75) is 47.3 Å². The zero-order chi connectivity index (χ0) is 27.6. The standard InChI is InChI=1S/C36H38NO2S/c1-29(38)39-28-12-11-25-37-26-23-32(24-27-37)36(30-13-5-2-6-14-30)31-19-21-35(22-20-31)40(33-15-7-3-8-16-33)34-17-9-4-10-18-34/h2-10,13-22H,11-12,23-28H2,1H3/q+1. The van der Waals surface area contributed by atoms with E-state index in [4.69, 9.17) is 4.74 Å². The second-order valence-corrected chi connectivity index (χ2v) is 12.2. The lowest BCUT2D eigenvalue weighted by Gasteiger charge is -2.30. The Morgan fingerprint density at radius 3 is 1.73 bits per heavy atom. The molecule has 40 heavy (non-hydrogen) atoms. The summed E-state index contributed by atoms with van der Waals surface area (Å²) in [6.45, 7) is 5.21. The molecule has 204 valence electrons. The van der Waals surface area contributed by atoms with E-state index in [2.05, 4.69) is 120 Å². The molecule has 0 amide bonds. The number of carbonyl (C=O) groups excluding carboxylic acids is 1. The Morgan fingerprint density at radius 1 is 0.675 bits per heavy atom. The third-order valence-electron chi connectivity index (χ3n) is 7.39. The van der Waals surface area contributed by atoms with E-state index in [-0.39, 0.29) is 16.9 Å². The molecule has 0 aliphatic carbocycles. The molecule has 5 rings (SSSR count). The Bertz CT molecular complexity index is 1340. The lowest BCUT2D eigenvalue weighted by molar-refractivity contribution is -0.141. The van der Waals surface area contributed by atoms with Crippen LogP contribution in [0.1, 0.15) is 43.7 Å². The summed E-state index contributed by atoms with van der Waals surface area (Å²) in [5.74, 6) is -0.189. The van der Waals surface area contributed by atoms with Crippen LogP contribution in [-0.4, -0.2) is 37.1 Å². The molecular weight excluding hydrogens is 510 g/mol. The van der Waals surface area contributed by atoms with E-state index in [1.54, 1.807) is 5.57 Å². The average molecular weight is 549 g/mol. The van der Waals surface area contributed by atoms with Crippen molar-refractivity contribution in [1.82, 2.24) is 4.90 Å². The van der Waals surface area contributed by atoms with Crippen molar-refractivity contribution in [3.63, 3.8) is 0 Å². The summed E-state index contributed by atoms with van der Waals surface area (Å²) < 4.78 is 5.09. The van der Waals surface area contributed by atoms with Gasteiger partial charge in [0.25, 0.3) is 0 Å². The molecule has 4 aromatic rings.